The maximum absolute atomic E-state index is 14.6. The van der Waals surface area contributed by atoms with Gasteiger partial charge in [0.25, 0.3) is 11.5 Å². The predicted molar refractivity (Wildman–Crippen MR) is 132 cm³/mol. The van der Waals surface area contributed by atoms with Crippen LogP contribution in [0.5, 0.6) is 0 Å². The van der Waals surface area contributed by atoms with Gasteiger partial charge in [-0.25, -0.2) is 4.98 Å². The van der Waals surface area contributed by atoms with Gasteiger partial charge in [0.15, 0.2) is 0 Å². The molecule has 1 amide bonds. The number of nitrogens with one attached hydrogen (secondary N) is 2. The molecule has 0 aromatic carbocycles. The molecular weight excluding hydrogens is 445 g/mol. The summed E-state index contributed by atoms with van der Waals surface area (Å²) in [5.74, 6) is 0.202. The van der Waals surface area contributed by atoms with E-state index in [-0.39, 0.29) is 17.2 Å². The van der Waals surface area contributed by atoms with E-state index in [1.165, 1.54) is 32.7 Å². The SMILES string of the molecule is CNC(=O)c1ccc(N2CCN(C3CC34CC[C@@H](c3ccc(CC5CC5)c(=O)[nH]3)C4)CC2)c(F)n1. The molecule has 1 spiro atoms. The Morgan fingerprint density at radius 3 is 2.63 bits per heavy atom. The van der Waals surface area contributed by atoms with Gasteiger partial charge < -0.3 is 15.2 Å². The van der Waals surface area contributed by atoms with Gasteiger partial charge in [-0.15, -0.1) is 0 Å². The molecule has 2 aromatic rings. The van der Waals surface area contributed by atoms with Crippen molar-refractivity contribution in [2.45, 2.75) is 56.9 Å². The first-order chi connectivity index (χ1) is 17.0. The van der Waals surface area contributed by atoms with Crippen LogP contribution in [0.1, 0.15) is 66.2 Å². The Kier molecular flexibility index (Phi) is 5.66. The van der Waals surface area contributed by atoms with Crippen molar-refractivity contribution in [3.63, 3.8) is 0 Å². The standard InChI is InChI=1S/C27H34FN5O2/c1-29-26(35)21-6-7-22(24(28)30-21)32-10-12-33(13-11-32)23-16-27(23)9-8-19(15-27)20-5-4-18(25(34)31-20)14-17-2-3-17/h4-7,17,19,23H,2-3,8-16H2,1H3,(H,29,35)(H,31,34)/t19-,23?,27?/m1/s1. The summed E-state index contributed by atoms with van der Waals surface area (Å²) < 4.78 is 14.6. The van der Waals surface area contributed by atoms with Gasteiger partial charge in [0, 0.05) is 50.5 Å². The van der Waals surface area contributed by atoms with Gasteiger partial charge >= 0.3 is 0 Å². The number of aromatic amines is 1. The second kappa shape index (κ2) is 8.73. The summed E-state index contributed by atoms with van der Waals surface area (Å²) in [4.78, 5) is 35.9. The summed E-state index contributed by atoms with van der Waals surface area (Å²) >= 11 is 0. The van der Waals surface area contributed by atoms with Crippen molar-refractivity contribution >= 4 is 11.6 Å². The molecule has 1 saturated heterocycles. The molecule has 8 heteroatoms. The molecule has 2 unspecified atom stereocenters. The maximum atomic E-state index is 14.6. The van der Waals surface area contributed by atoms with Crippen molar-refractivity contribution < 1.29 is 9.18 Å². The number of nitrogens with zero attached hydrogens (tertiary/aromatic N) is 3. The number of piperazine rings is 1. The fourth-order valence-electron chi connectivity index (χ4n) is 6.50. The number of anilines is 1. The minimum absolute atomic E-state index is 0.0991. The van der Waals surface area contributed by atoms with E-state index in [1.807, 2.05) is 4.90 Å². The zero-order chi connectivity index (χ0) is 24.2. The number of hydrogen-bond donors (Lipinski definition) is 2. The van der Waals surface area contributed by atoms with Crippen LogP contribution < -0.4 is 15.8 Å². The summed E-state index contributed by atoms with van der Waals surface area (Å²) in [6, 6.07) is 8.07. The van der Waals surface area contributed by atoms with Gasteiger partial charge in [0.1, 0.15) is 5.69 Å². The van der Waals surface area contributed by atoms with Crippen molar-refractivity contribution in [1.82, 2.24) is 20.2 Å². The lowest BCUT2D eigenvalue weighted by atomic mass is 9.98. The molecule has 2 N–H and O–H groups in total. The first kappa shape index (κ1) is 22.7. The van der Waals surface area contributed by atoms with Crippen LogP contribution in [0.4, 0.5) is 10.1 Å². The van der Waals surface area contributed by atoms with Gasteiger partial charge in [-0.05, 0) is 80.4 Å². The first-order valence-corrected chi connectivity index (χ1v) is 13.1. The zero-order valence-electron chi connectivity index (χ0n) is 20.4. The molecule has 35 heavy (non-hydrogen) atoms. The Labute approximate surface area is 205 Å². The van der Waals surface area contributed by atoms with Crippen LogP contribution in [-0.2, 0) is 6.42 Å². The van der Waals surface area contributed by atoms with Crippen LogP contribution >= 0.6 is 0 Å². The molecule has 6 rings (SSSR count). The topological polar surface area (TPSA) is 81.3 Å². The first-order valence-electron chi connectivity index (χ1n) is 13.1. The van der Waals surface area contributed by atoms with Crippen molar-refractivity contribution in [3.8, 4) is 0 Å². The summed E-state index contributed by atoms with van der Waals surface area (Å²) in [5, 5.41) is 2.48. The number of aromatic nitrogens is 2. The molecule has 186 valence electrons. The minimum atomic E-state index is -0.585. The van der Waals surface area contributed by atoms with Crippen LogP contribution in [-0.4, -0.2) is 60.0 Å². The average molecular weight is 480 g/mol. The second-order valence-electron chi connectivity index (χ2n) is 11.0. The normalized spacial score (nSPS) is 28.5. The molecule has 3 heterocycles. The lowest BCUT2D eigenvalue weighted by Crippen LogP contribution is -2.48. The molecule has 7 nitrogen and oxygen atoms in total. The van der Waals surface area contributed by atoms with Gasteiger partial charge in [0.2, 0.25) is 5.95 Å². The highest BCUT2D eigenvalue weighted by Crippen LogP contribution is 2.63. The monoisotopic (exact) mass is 479 g/mol. The molecule has 4 aliphatic rings. The number of carbonyl (C=O) groups excluding carboxylic acids is 1. The summed E-state index contributed by atoms with van der Waals surface area (Å²) in [7, 11) is 1.51. The summed E-state index contributed by atoms with van der Waals surface area (Å²) in [6.07, 6.45) is 8.18. The Bertz CT molecular complexity index is 1190. The predicted octanol–water partition coefficient (Wildman–Crippen LogP) is 3.07. The number of hydrogen-bond acceptors (Lipinski definition) is 5. The van der Waals surface area contributed by atoms with Crippen LogP contribution in [0.25, 0.3) is 0 Å². The van der Waals surface area contributed by atoms with E-state index in [0.29, 0.717) is 23.1 Å². The van der Waals surface area contributed by atoms with Crippen molar-refractivity contribution in [2.75, 3.05) is 38.1 Å². The Morgan fingerprint density at radius 2 is 1.94 bits per heavy atom. The lowest BCUT2D eigenvalue weighted by molar-refractivity contribution is 0.0957. The van der Waals surface area contributed by atoms with Crippen LogP contribution in [0.2, 0.25) is 0 Å². The van der Waals surface area contributed by atoms with Crippen molar-refractivity contribution in [2.24, 2.45) is 11.3 Å². The highest BCUT2D eigenvalue weighted by Gasteiger charge is 2.60. The second-order valence-corrected chi connectivity index (χ2v) is 11.0. The molecule has 3 saturated carbocycles. The van der Waals surface area contributed by atoms with E-state index in [1.54, 1.807) is 12.1 Å². The highest BCUT2D eigenvalue weighted by molar-refractivity contribution is 5.92. The van der Waals surface area contributed by atoms with Crippen molar-refractivity contribution in [1.29, 1.82) is 0 Å². The van der Waals surface area contributed by atoms with Gasteiger partial charge in [-0.2, -0.15) is 4.39 Å². The number of rotatable bonds is 6. The number of H-pyrrole nitrogens is 1. The zero-order valence-corrected chi connectivity index (χ0v) is 20.4. The quantitative estimate of drug-likeness (QED) is 0.623. The Hall–Kier alpha value is -2.74. The molecular formula is C27H34FN5O2. The molecule has 1 aliphatic heterocycles. The molecule has 0 radical (unpaired) electrons. The maximum Gasteiger partial charge on any atom is 0.269 e. The number of carbonyl (C=O) groups is 1. The number of pyridine rings is 2. The number of amides is 1. The van der Waals surface area contributed by atoms with E-state index >= 15 is 0 Å². The highest BCUT2D eigenvalue weighted by atomic mass is 19.1. The van der Waals surface area contributed by atoms with Crippen LogP contribution in [0.15, 0.2) is 29.1 Å². The Balaban J connectivity index is 1.05. The Morgan fingerprint density at radius 1 is 1.14 bits per heavy atom. The van der Waals surface area contributed by atoms with Crippen LogP contribution in [0, 0.1) is 17.3 Å². The fourth-order valence-corrected chi connectivity index (χ4v) is 6.50. The van der Waals surface area contributed by atoms with Gasteiger partial charge in [0.05, 0.1) is 5.69 Å². The molecule has 0 bridgehead atoms. The lowest BCUT2D eigenvalue weighted by Gasteiger charge is -2.37. The third kappa shape index (κ3) is 4.37. The fraction of sp³-hybridized carbons (Fsp3) is 0.593. The number of halogens is 1. The summed E-state index contributed by atoms with van der Waals surface area (Å²) in [5.41, 5.74) is 3.12. The molecule has 3 atom stereocenters. The van der Waals surface area contributed by atoms with Crippen LogP contribution in [0.3, 0.4) is 0 Å². The molecule has 3 aliphatic carbocycles. The van der Waals surface area contributed by atoms with Gasteiger partial charge in [-0.1, -0.05) is 6.07 Å². The largest absolute Gasteiger partial charge is 0.365 e. The van der Waals surface area contributed by atoms with E-state index < -0.39 is 5.95 Å². The summed E-state index contributed by atoms with van der Waals surface area (Å²) in [6.45, 7) is 3.31. The van der Waals surface area contributed by atoms with Crippen molar-refractivity contribution in [3.05, 3.63) is 57.5 Å². The molecule has 4 fully saturated rings. The van der Waals surface area contributed by atoms with E-state index in [9.17, 15) is 14.0 Å². The van der Waals surface area contributed by atoms with E-state index in [2.05, 4.69) is 32.3 Å². The van der Waals surface area contributed by atoms with E-state index in [4.69, 9.17) is 0 Å². The third-order valence-corrected chi connectivity index (χ3v) is 8.83. The molecule has 2 aromatic heterocycles. The average Bonchev–Trinajstić information content (AvgIpc) is 3.77. The minimum Gasteiger partial charge on any atom is -0.365 e. The van der Waals surface area contributed by atoms with E-state index in [0.717, 1.165) is 62.6 Å². The smallest absolute Gasteiger partial charge is 0.269 e. The van der Waals surface area contributed by atoms with Gasteiger partial charge in [-0.3, -0.25) is 14.5 Å². The third-order valence-electron chi connectivity index (χ3n) is 8.83.